The van der Waals surface area contributed by atoms with Gasteiger partial charge in [-0.05, 0) is 14.0 Å². The number of hydrogen-bond donors (Lipinski definition) is 2. The lowest BCUT2D eigenvalue weighted by Crippen LogP contribution is -2.29. The van der Waals surface area contributed by atoms with Gasteiger partial charge >= 0.3 is 18.0 Å². The number of carboxylic acid groups (broad SMARTS) is 1. The normalized spacial score (nSPS) is 10.2. The highest BCUT2D eigenvalue weighted by Gasteiger charge is 2.16. The molecule has 20 heavy (non-hydrogen) atoms. The van der Waals surface area contributed by atoms with Gasteiger partial charge in [0, 0.05) is 19.2 Å². The highest BCUT2D eigenvalue weighted by atomic mass is 32.2. The summed E-state index contributed by atoms with van der Waals surface area (Å²) in [6.45, 7) is 1.68. The van der Waals surface area contributed by atoms with Crippen molar-refractivity contribution < 1.29 is 28.4 Å². The van der Waals surface area contributed by atoms with Gasteiger partial charge in [-0.15, -0.1) is 0 Å². The van der Waals surface area contributed by atoms with E-state index in [-0.39, 0.29) is 13.1 Å². The zero-order valence-corrected chi connectivity index (χ0v) is 13.0. The molecule has 0 atom stereocenters. The van der Waals surface area contributed by atoms with Gasteiger partial charge in [0.1, 0.15) is 25.3 Å². The Kier molecular flexibility index (Phi) is 9.98. The van der Waals surface area contributed by atoms with Gasteiger partial charge in [-0.2, -0.15) is 0 Å². The maximum absolute atomic E-state index is 11.5. The average Bonchev–Trinajstić information content (AvgIpc) is 2.33. The Bertz CT molecular complexity index is 344. The molecule has 2 N–H and O–H groups in total. The number of nitrogens with one attached hydrogen (secondary N) is 1. The summed E-state index contributed by atoms with van der Waals surface area (Å²) in [5, 5.41) is 8.35. The maximum Gasteiger partial charge on any atom is 0.434 e. The van der Waals surface area contributed by atoms with Crippen LogP contribution in [0.5, 0.6) is 0 Å². The van der Waals surface area contributed by atoms with Crippen LogP contribution < -0.4 is 4.72 Å². The van der Waals surface area contributed by atoms with E-state index in [0.29, 0.717) is 18.8 Å². The summed E-state index contributed by atoms with van der Waals surface area (Å²) in [5.41, 5.74) is 0. The van der Waals surface area contributed by atoms with Crippen molar-refractivity contribution in [1.29, 1.82) is 0 Å². The highest BCUT2D eigenvalue weighted by Crippen LogP contribution is 2.14. The SMILES string of the molecule is CCOC(=O)CN(C)SN(C)C(=O)OSNCC(=O)O. The molecule has 0 aromatic carbocycles. The fourth-order valence-corrected chi connectivity index (χ4v) is 2.03. The fourth-order valence-electron chi connectivity index (χ4n) is 0.869. The zero-order chi connectivity index (χ0) is 15.5. The maximum atomic E-state index is 11.5. The minimum atomic E-state index is -1.06. The van der Waals surface area contributed by atoms with Crippen LogP contribution in [0.4, 0.5) is 4.79 Å². The van der Waals surface area contributed by atoms with Crippen LogP contribution in [-0.4, -0.2) is 65.5 Å². The third-order valence-electron chi connectivity index (χ3n) is 1.57. The third kappa shape index (κ3) is 9.72. The van der Waals surface area contributed by atoms with E-state index in [1.54, 1.807) is 14.0 Å². The first-order valence-electron chi connectivity index (χ1n) is 5.47. The van der Waals surface area contributed by atoms with Gasteiger partial charge in [0.15, 0.2) is 0 Å². The van der Waals surface area contributed by atoms with Crippen LogP contribution >= 0.6 is 24.4 Å². The molecule has 0 saturated heterocycles. The van der Waals surface area contributed by atoms with Gasteiger partial charge < -0.3 is 14.0 Å². The zero-order valence-electron chi connectivity index (χ0n) is 11.3. The van der Waals surface area contributed by atoms with E-state index in [4.69, 9.17) is 9.84 Å². The molecule has 0 heterocycles. The van der Waals surface area contributed by atoms with E-state index in [1.165, 1.54) is 11.4 Å². The fraction of sp³-hybridized carbons (Fsp3) is 0.667. The van der Waals surface area contributed by atoms with Crippen LogP contribution in [0, 0.1) is 0 Å². The van der Waals surface area contributed by atoms with E-state index >= 15 is 0 Å². The Labute approximate surface area is 125 Å². The van der Waals surface area contributed by atoms with Crippen LogP contribution in [0.25, 0.3) is 0 Å². The van der Waals surface area contributed by atoms with Crippen LogP contribution in [0.2, 0.25) is 0 Å². The Hall–Kier alpha value is -1.17. The lowest BCUT2D eigenvalue weighted by atomic mass is 10.6. The molecule has 0 radical (unpaired) electrons. The number of likely N-dealkylation sites (N-methyl/N-ethyl adjacent to an activating group) is 1. The second-order valence-electron chi connectivity index (χ2n) is 3.32. The second-order valence-corrected chi connectivity index (χ2v) is 5.27. The second kappa shape index (κ2) is 10.6. The van der Waals surface area contributed by atoms with Crippen LogP contribution in [0.1, 0.15) is 6.92 Å². The van der Waals surface area contributed by atoms with Gasteiger partial charge in [-0.1, -0.05) is 0 Å². The Balaban J connectivity index is 3.88. The summed E-state index contributed by atoms with van der Waals surface area (Å²) < 4.78 is 14.4. The van der Waals surface area contributed by atoms with E-state index < -0.39 is 18.0 Å². The van der Waals surface area contributed by atoms with Crippen LogP contribution in [0.3, 0.4) is 0 Å². The summed E-state index contributed by atoms with van der Waals surface area (Å²) >= 11 is 1.48. The predicted octanol–water partition coefficient (Wildman–Crippen LogP) is 0.350. The average molecular weight is 327 g/mol. The number of carbonyl (C=O) groups excluding carboxylic acids is 2. The van der Waals surface area contributed by atoms with Crippen molar-refractivity contribution in [3.05, 3.63) is 0 Å². The van der Waals surface area contributed by atoms with Crippen molar-refractivity contribution in [3.8, 4) is 0 Å². The molecule has 0 bridgehead atoms. The summed E-state index contributed by atoms with van der Waals surface area (Å²) in [5.74, 6) is -1.47. The number of ether oxygens (including phenoxy) is 1. The van der Waals surface area contributed by atoms with Gasteiger partial charge in [0.25, 0.3) is 0 Å². The van der Waals surface area contributed by atoms with Crippen molar-refractivity contribution in [2.75, 3.05) is 33.8 Å². The van der Waals surface area contributed by atoms with Crippen molar-refractivity contribution in [2.24, 2.45) is 0 Å². The van der Waals surface area contributed by atoms with Crippen LogP contribution in [0.15, 0.2) is 0 Å². The Morgan fingerprint density at radius 2 is 1.95 bits per heavy atom. The van der Waals surface area contributed by atoms with E-state index in [1.807, 2.05) is 0 Å². The van der Waals surface area contributed by atoms with Gasteiger partial charge in [0.2, 0.25) is 0 Å². The third-order valence-corrected chi connectivity index (χ3v) is 2.86. The van der Waals surface area contributed by atoms with E-state index in [2.05, 4.69) is 8.91 Å². The molecule has 11 heteroatoms. The topological polar surface area (TPSA) is 108 Å². The summed E-state index contributed by atoms with van der Waals surface area (Å²) in [6, 6.07) is 0. The van der Waals surface area contributed by atoms with Gasteiger partial charge in [-0.25, -0.2) is 18.1 Å². The first-order chi connectivity index (χ1) is 9.36. The Morgan fingerprint density at radius 1 is 1.30 bits per heavy atom. The molecule has 0 fully saturated rings. The first kappa shape index (κ1) is 18.8. The van der Waals surface area contributed by atoms with E-state index in [0.717, 1.165) is 16.4 Å². The standard InChI is InChI=1S/C9H17N3O6S2/c1-4-17-8(15)6-11(2)20-12(3)9(16)18-19-10-5-7(13)14/h10H,4-6H2,1-3H3,(H,13,14). The molecule has 1 amide bonds. The molecular formula is C9H17N3O6S2. The van der Waals surface area contributed by atoms with Gasteiger partial charge in [-0.3, -0.25) is 9.59 Å². The summed E-state index contributed by atoms with van der Waals surface area (Å²) in [6.07, 6.45) is -0.700. The van der Waals surface area contributed by atoms with Crippen LogP contribution in [-0.2, 0) is 18.5 Å². The summed E-state index contributed by atoms with van der Waals surface area (Å²) in [7, 11) is 3.06. The predicted molar refractivity (Wildman–Crippen MR) is 74.3 cm³/mol. The summed E-state index contributed by atoms with van der Waals surface area (Å²) in [4.78, 5) is 32.9. The molecule has 0 aliphatic carbocycles. The number of esters is 1. The lowest BCUT2D eigenvalue weighted by molar-refractivity contribution is -0.143. The smallest absolute Gasteiger partial charge is 0.434 e. The number of amides is 1. The molecule has 0 unspecified atom stereocenters. The molecule has 116 valence electrons. The highest BCUT2D eigenvalue weighted by molar-refractivity contribution is 7.95. The molecule has 9 nitrogen and oxygen atoms in total. The molecule has 0 aliphatic heterocycles. The number of rotatable bonds is 9. The number of carboxylic acids is 1. The minimum Gasteiger partial charge on any atom is -0.480 e. The molecule has 0 saturated carbocycles. The van der Waals surface area contributed by atoms with Crippen molar-refractivity contribution in [3.63, 3.8) is 0 Å². The quantitative estimate of drug-likeness (QED) is 0.266. The number of nitrogens with zero attached hydrogens (tertiary/aromatic N) is 2. The number of hydrogen-bond acceptors (Lipinski definition) is 9. The number of aliphatic carboxylic acids is 1. The van der Waals surface area contributed by atoms with E-state index in [9.17, 15) is 14.4 Å². The molecule has 0 spiro atoms. The molecular weight excluding hydrogens is 310 g/mol. The molecule has 0 aliphatic rings. The first-order valence-corrected chi connectivity index (χ1v) is 6.94. The molecule has 0 aromatic rings. The number of carbonyl (C=O) groups is 3. The van der Waals surface area contributed by atoms with Crippen molar-refractivity contribution >= 4 is 42.4 Å². The monoisotopic (exact) mass is 327 g/mol. The van der Waals surface area contributed by atoms with Gasteiger partial charge in [0.05, 0.1) is 6.61 Å². The van der Waals surface area contributed by atoms with Crippen molar-refractivity contribution in [2.45, 2.75) is 6.92 Å². The minimum absolute atomic E-state index is 0.0144. The molecule has 0 rings (SSSR count). The largest absolute Gasteiger partial charge is 0.480 e. The molecule has 0 aromatic heterocycles. The lowest BCUT2D eigenvalue weighted by Gasteiger charge is -2.20. The Morgan fingerprint density at radius 3 is 2.50 bits per heavy atom. The van der Waals surface area contributed by atoms with Crippen molar-refractivity contribution in [1.82, 2.24) is 13.3 Å².